The highest BCUT2D eigenvalue weighted by atomic mass is 32.2. The number of carbonyl (C=O) groups is 1. The van der Waals surface area contributed by atoms with Crippen LogP contribution in [0, 0.1) is 5.41 Å². The molecule has 0 unspecified atom stereocenters. The Morgan fingerprint density at radius 2 is 1.89 bits per heavy atom. The monoisotopic (exact) mass is 395 g/mol. The van der Waals surface area contributed by atoms with Crippen molar-refractivity contribution in [3.8, 4) is 0 Å². The molecule has 1 aromatic rings. The summed E-state index contributed by atoms with van der Waals surface area (Å²) >= 11 is 0. The first-order chi connectivity index (χ1) is 12.6. The smallest absolute Gasteiger partial charge is 0.253 e. The van der Waals surface area contributed by atoms with E-state index in [0.29, 0.717) is 24.3 Å². The summed E-state index contributed by atoms with van der Waals surface area (Å²) in [6.07, 6.45) is 3.32. The predicted octanol–water partition coefficient (Wildman–Crippen LogP) is 1.00. The minimum atomic E-state index is -3.33. The van der Waals surface area contributed by atoms with Crippen LogP contribution in [0.4, 0.5) is 5.69 Å². The summed E-state index contributed by atoms with van der Waals surface area (Å²) in [6.45, 7) is 2.92. The lowest BCUT2D eigenvalue weighted by atomic mass is 9.71. The average Bonchev–Trinajstić information content (AvgIpc) is 2.63. The van der Waals surface area contributed by atoms with Crippen LogP contribution in [0.1, 0.15) is 29.6 Å². The molecule has 1 amide bonds. The Morgan fingerprint density at radius 1 is 1.22 bits per heavy atom. The van der Waals surface area contributed by atoms with Crippen molar-refractivity contribution in [1.29, 1.82) is 0 Å². The van der Waals surface area contributed by atoms with E-state index < -0.39 is 10.0 Å². The largest absolute Gasteiger partial charge is 0.392 e. The quantitative estimate of drug-likeness (QED) is 0.826. The SMILES string of the molecule is CN1CC[C@H](O)[C@@]2(CCCN(C(=O)c3ccc(N(C)S(C)(=O)=O)cc3)C2)C1. The van der Waals surface area contributed by atoms with Gasteiger partial charge in [-0.25, -0.2) is 8.42 Å². The van der Waals surface area contributed by atoms with E-state index in [1.54, 1.807) is 24.3 Å². The van der Waals surface area contributed by atoms with Gasteiger partial charge in [0.15, 0.2) is 0 Å². The molecule has 2 aliphatic heterocycles. The van der Waals surface area contributed by atoms with E-state index in [1.807, 2.05) is 4.90 Å². The van der Waals surface area contributed by atoms with Gasteiger partial charge in [0.2, 0.25) is 10.0 Å². The van der Waals surface area contributed by atoms with Gasteiger partial charge < -0.3 is 14.9 Å². The number of rotatable bonds is 3. The maximum absolute atomic E-state index is 13.0. The molecular formula is C19H29N3O4S. The number of sulfonamides is 1. The van der Waals surface area contributed by atoms with Crippen LogP contribution >= 0.6 is 0 Å². The van der Waals surface area contributed by atoms with Crippen molar-refractivity contribution >= 4 is 21.6 Å². The zero-order valence-corrected chi connectivity index (χ0v) is 17.1. The molecule has 2 heterocycles. The fraction of sp³-hybridized carbons (Fsp3) is 0.632. The number of aliphatic hydroxyl groups is 1. The highest BCUT2D eigenvalue weighted by Crippen LogP contribution is 2.38. The summed E-state index contributed by atoms with van der Waals surface area (Å²) in [4.78, 5) is 17.1. The fourth-order valence-corrected chi connectivity index (χ4v) is 4.80. The molecular weight excluding hydrogens is 366 g/mol. The van der Waals surface area contributed by atoms with Gasteiger partial charge in [-0.1, -0.05) is 0 Å². The highest BCUT2D eigenvalue weighted by molar-refractivity contribution is 7.92. The van der Waals surface area contributed by atoms with Gasteiger partial charge >= 0.3 is 0 Å². The van der Waals surface area contributed by atoms with Crippen LogP contribution < -0.4 is 4.31 Å². The molecule has 2 atom stereocenters. The molecule has 1 spiro atoms. The average molecular weight is 396 g/mol. The van der Waals surface area contributed by atoms with E-state index in [4.69, 9.17) is 0 Å². The summed E-state index contributed by atoms with van der Waals surface area (Å²) in [6, 6.07) is 6.64. The molecule has 2 fully saturated rings. The molecule has 2 saturated heterocycles. The number of nitrogens with zero attached hydrogens (tertiary/aromatic N) is 3. The number of likely N-dealkylation sites (tertiary alicyclic amines) is 2. The van der Waals surface area contributed by atoms with Gasteiger partial charge in [0.1, 0.15) is 0 Å². The molecule has 2 aliphatic rings. The van der Waals surface area contributed by atoms with E-state index in [9.17, 15) is 18.3 Å². The predicted molar refractivity (Wildman–Crippen MR) is 105 cm³/mol. The standard InChI is InChI=1S/C19H29N3O4S/c1-20-12-9-17(23)19(13-20)10-4-11-22(14-19)18(24)15-5-7-16(8-6-15)21(2)27(3,25)26/h5-8,17,23H,4,9-14H2,1-3H3/t17-,19-/m0/s1. The summed E-state index contributed by atoms with van der Waals surface area (Å²) in [5, 5.41) is 10.6. The minimum Gasteiger partial charge on any atom is -0.392 e. The van der Waals surface area contributed by atoms with Crippen LogP contribution in [-0.2, 0) is 10.0 Å². The van der Waals surface area contributed by atoms with Crippen LogP contribution in [0.25, 0.3) is 0 Å². The Balaban J connectivity index is 1.75. The van der Waals surface area contributed by atoms with Crippen molar-refractivity contribution in [3.63, 3.8) is 0 Å². The van der Waals surface area contributed by atoms with Crippen LogP contribution in [0.3, 0.4) is 0 Å². The third kappa shape index (κ3) is 4.12. The molecule has 3 rings (SSSR count). The van der Waals surface area contributed by atoms with Crippen molar-refractivity contribution in [2.75, 3.05) is 50.8 Å². The Morgan fingerprint density at radius 3 is 2.52 bits per heavy atom. The summed E-state index contributed by atoms with van der Waals surface area (Å²) < 4.78 is 24.5. The Bertz CT molecular complexity index is 796. The molecule has 0 aliphatic carbocycles. The van der Waals surface area contributed by atoms with E-state index >= 15 is 0 Å². The van der Waals surface area contributed by atoms with Gasteiger partial charge in [0.25, 0.3) is 5.91 Å². The number of aliphatic hydroxyl groups excluding tert-OH is 1. The Labute approximate surface area is 161 Å². The summed E-state index contributed by atoms with van der Waals surface area (Å²) in [5.74, 6) is -0.0666. The first kappa shape index (κ1) is 20.1. The molecule has 1 aromatic carbocycles. The normalized spacial score (nSPS) is 27.0. The lowest BCUT2D eigenvalue weighted by molar-refractivity contribution is -0.0731. The third-order valence-corrected chi connectivity index (χ3v) is 7.15. The lowest BCUT2D eigenvalue weighted by Crippen LogP contribution is -2.59. The van der Waals surface area contributed by atoms with Gasteiger partial charge in [-0.15, -0.1) is 0 Å². The highest BCUT2D eigenvalue weighted by Gasteiger charge is 2.45. The molecule has 0 bridgehead atoms. The molecule has 150 valence electrons. The van der Waals surface area contributed by atoms with Crippen molar-refractivity contribution < 1.29 is 18.3 Å². The molecule has 1 N–H and O–H groups in total. The van der Waals surface area contributed by atoms with Gasteiger partial charge in [-0.05, 0) is 50.6 Å². The van der Waals surface area contributed by atoms with E-state index in [2.05, 4.69) is 11.9 Å². The van der Waals surface area contributed by atoms with Crippen LogP contribution in [0.15, 0.2) is 24.3 Å². The second-order valence-electron chi connectivity index (χ2n) is 8.01. The molecule has 27 heavy (non-hydrogen) atoms. The van der Waals surface area contributed by atoms with Crippen LogP contribution in [0.2, 0.25) is 0 Å². The first-order valence-corrected chi connectivity index (χ1v) is 11.2. The number of hydrogen-bond acceptors (Lipinski definition) is 5. The minimum absolute atomic E-state index is 0.0666. The maximum atomic E-state index is 13.0. The molecule has 0 aromatic heterocycles. The summed E-state index contributed by atoms with van der Waals surface area (Å²) in [7, 11) is 0.215. The van der Waals surface area contributed by atoms with Gasteiger partial charge in [0, 0.05) is 44.2 Å². The second kappa shape index (κ2) is 7.41. The van der Waals surface area contributed by atoms with E-state index in [0.717, 1.165) is 38.6 Å². The molecule has 8 heteroatoms. The van der Waals surface area contributed by atoms with Gasteiger partial charge in [-0.3, -0.25) is 9.10 Å². The number of carbonyl (C=O) groups excluding carboxylic acids is 1. The number of piperidine rings is 2. The number of benzene rings is 1. The topological polar surface area (TPSA) is 81.2 Å². The van der Waals surface area contributed by atoms with Crippen molar-refractivity contribution in [2.24, 2.45) is 5.41 Å². The molecule has 0 radical (unpaired) electrons. The number of anilines is 1. The lowest BCUT2D eigenvalue weighted by Gasteiger charge is -2.50. The fourth-order valence-electron chi connectivity index (χ4n) is 4.29. The van der Waals surface area contributed by atoms with Crippen molar-refractivity contribution in [1.82, 2.24) is 9.80 Å². The number of amides is 1. The van der Waals surface area contributed by atoms with Crippen molar-refractivity contribution in [3.05, 3.63) is 29.8 Å². The van der Waals surface area contributed by atoms with Gasteiger partial charge in [0.05, 0.1) is 18.0 Å². The number of hydrogen-bond donors (Lipinski definition) is 1. The van der Waals surface area contributed by atoms with Crippen LogP contribution in [0.5, 0.6) is 0 Å². The Hall–Kier alpha value is -1.64. The zero-order chi connectivity index (χ0) is 19.8. The molecule has 7 nitrogen and oxygen atoms in total. The maximum Gasteiger partial charge on any atom is 0.253 e. The second-order valence-corrected chi connectivity index (χ2v) is 10.0. The third-order valence-electron chi connectivity index (χ3n) is 5.95. The first-order valence-electron chi connectivity index (χ1n) is 9.32. The zero-order valence-electron chi connectivity index (χ0n) is 16.3. The van der Waals surface area contributed by atoms with Crippen molar-refractivity contribution in [2.45, 2.75) is 25.4 Å². The summed E-state index contributed by atoms with van der Waals surface area (Å²) in [5.41, 5.74) is 0.807. The van der Waals surface area contributed by atoms with Gasteiger partial charge in [-0.2, -0.15) is 0 Å². The Kier molecular flexibility index (Phi) is 5.52. The van der Waals surface area contributed by atoms with E-state index in [-0.39, 0.29) is 17.4 Å². The van der Waals surface area contributed by atoms with E-state index in [1.165, 1.54) is 11.4 Å². The molecule has 0 saturated carbocycles. The van der Waals surface area contributed by atoms with Crippen LogP contribution in [-0.4, -0.2) is 81.9 Å².